The fourth-order valence-electron chi connectivity index (χ4n) is 2.60. The Bertz CT molecular complexity index is 543. The number of thioether (sulfide) groups is 1. The molecule has 0 aromatic carbocycles. The molecule has 114 valence electrons. The van der Waals surface area contributed by atoms with Gasteiger partial charge in [0, 0.05) is 12.4 Å². The molecule has 1 aliphatic carbocycles. The van der Waals surface area contributed by atoms with Crippen molar-refractivity contribution < 1.29 is 9.90 Å². The van der Waals surface area contributed by atoms with E-state index >= 15 is 0 Å². The second kappa shape index (κ2) is 6.91. The zero-order valence-corrected chi connectivity index (χ0v) is 12.6. The molecule has 0 bridgehead atoms. The van der Waals surface area contributed by atoms with Crippen LogP contribution in [0.5, 0.6) is 0 Å². The molecular formula is C14H20N4O2S. The third-order valence-corrected chi connectivity index (χ3v) is 4.58. The molecule has 0 aliphatic heterocycles. The van der Waals surface area contributed by atoms with Gasteiger partial charge in [-0.15, -0.1) is 11.8 Å². The average Bonchev–Trinajstić information content (AvgIpc) is 3.02. The smallest absolute Gasteiger partial charge is 0.316 e. The van der Waals surface area contributed by atoms with Crippen molar-refractivity contribution in [3.8, 4) is 0 Å². The lowest BCUT2D eigenvalue weighted by molar-refractivity contribution is -0.140. The van der Waals surface area contributed by atoms with Crippen LogP contribution in [-0.4, -0.2) is 33.9 Å². The SMILES string of the molecule is C=N/C=C\SCn1cnc(C2(C(=O)O)CC2CCCN)c1. The Morgan fingerprint density at radius 2 is 2.57 bits per heavy atom. The van der Waals surface area contributed by atoms with Gasteiger partial charge in [0.1, 0.15) is 5.41 Å². The lowest BCUT2D eigenvalue weighted by atomic mass is 9.98. The van der Waals surface area contributed by atoms with E-state index in [0.717, 1.165) is 12.8 Å². The minimum absolute atomic E-state index is 0.152. The van der Waals surface area contributed by atoms with Gasteiger partial charge in [0.2, 0.25) is 0 Å². The molecule has 6 nitrogen and oxygen atoms in total. The summed E-state index contributed by atoms with van der Waals surface area (Å²) in [5.74, 6) is 0.0416. The summed E-state index contributed by atoms with van der Waals surface area (Å²) >= 11 is 1.54. The molecule has 2 unspecified atom stereocenters. The number of nitrogens with zero attached hydrogens (tertiary/aromatic N) is 3. The van der Waals surface area contributed by atoms with Crippen LogP contribution in [0.25, 0.3) is 0 Å². The third kappa shape index (κ3) is 3.36. The van der Waals surface area contributed by atoms with Crippen molar-refractivity contribution in [1.29, 1.82) is 0 Å². The molecule has 0 saturated heterocycles. The summed E-state index contributed by atoms with van der Waals surface area (Å²) in [4.78, 5) is 19.6. The largest absolute Gasteiger partial charge is 0.481 e. The Morgan fingerprint density at radius 3 is 3.24 bits per heavy atom. The second-order valence-electron chi connectivity index (χ2n) is 5.15. The topological polar surface area (TPSA) is 93.5 Å². The van der Waals surface area contributed by atoms with Gasteiger partial charge in [-0.3, -0.25) is 9.79 Å². The van der Waals surface area contributed by atoms with Crippen LogP contribution in [0.1, 0.15) is 25.0 Å². The molecule has 21 heavy (non-hydrogen) atoms. The van der Waals surface area contributed by atoms with E-state index < -0.39 is 11.4 Å². The Hall–Kier alpha value is -1.60. The summed E-state index contributed by atoms with van der Waals surface area (Å²) in [6.45, 7) is 3.96. The maximum atomic E-state index is 11.6. The normalized spacial score (nSPS) is 24.3. The molecule has 2 atom stereocenters. The summed E-state index contributed by atoms with van der Waals surface area (Å²) < 4.78 is 1.89. The highest BCUT2D eigenvalue weighted by molar-refractivity contribution is 8.01. The molecule has 0 spiro atoms. The zero-order valence-electron chi connectivity index (χ0n) is 11.8. The standard InChI is InChI=1S/C14H20N4O2S/c1-16-5-6-21-10-18-8-12(17-9-18)14(13(19)20)7-11(14)3-2-4-15/h5-6,8-9,11H,1-4,7,10,15H2,(H,19,20)/b6-5-. The number of aliphatic imine (C=N–C) groups is 1. The fourth-order valence-corrected chi connectivity index (χ4v) is 3.18. The van der Waals surface area contributed by atoms with Crippen molar-refractivity contribution >= 4 is 24.4 Å². The maximum Gasteiger partial charge on any atom is 0.316 e. The summed E-state index contributed by atoms with van der Waals surface area (Å²) in [5.41, 5.74) is 5.36. The van der Waals surface area contributed by atoms with E-state index in [0.29, 0.717) is 24.5 Å². The Kier molecular flexibility index (Phi) is 5.19. The zero-order chi connectivity index (χ0) is 15.3. The number of nitrogens with two attached hydrogens (primary N) is 1. The van der Waals surface area contributed by atoms with Crippen LogP contribution in [0.15, 0.2) is 29.1 Å². The number of rotatable bonds is 9. The van der Waals surface area contributed by atoms with Gasteiger partial charge in [-0.05, 0) is 43.9 Å². The molecular weight excluding hydrogens is 288 g/mol. The highest BCUT2D eigenvalue weighted by Gasteiger charge is 2.62. The number of hydrogen-bond acceptors (Lipinski definition) is 5. The number of aromatic nitrogens is 2. The van der Waals surface area contributed by atoms with Crippen LogP contribution in [0.2, 0.25) is 0 Å². The van der Waals surface area contributed by atoms with Crippen LogP contribution in [0.3, 0.4) is 0 Å². The van der Waals surface area contributed by atoms with Gasteiger partial charge in [0.15, 0.2) is 0 Å². The van der Waals surface area contributed by atoms with Gasteiger partial charge in [0.05, 0.1) is 17.9 Å². The molecule has 1 heterocycles. The van der Waals surface area contributed by atoms with E-state index in [1.54, 1.807) is 24.3 Å². The first kappa shape index (κ1) is 15.8. The second-order valence-corrected chi connectivity index (χ2v) is 6.01. The van der Waals surface area contributed by atoms with E-state index in [9.17, 15) is 9.90 Å². The van der Waals surface area contributed by atoms with Crippen molar-refractivity contribution in [2.24, 2.45) is 16.6 Å². The van der Waals surface area contributed by atoms with Crippen molar-refractivity contribution in [1.82, 2.24) is 9.55 Å². The minimum atomic E-state index is -0.802. The molecule has 0 radical (unpaired) electrons. The monoisotopic (exact) mass is 308 g/mol. The van der Waals surface area contributed by atoms with Crippen molar-refractivity contribution in [3.63, 3.8) is 0 Å². The highest BCUT2D eigenvalue weighted by atomic mass is 32.2. The number of imidazole rings is 1. The van der Waals surface area contributed by atoms with Gasteiger partial charge in [0.25, 0.3) is 0 Å². The lowest BCUT2D eigenvalue weighted by Gasteiger charge is -2.09. The molecule has 0 amide bonds. The Morgan fingerprint density at radius 1 is 1.76 bits per heavy atom. The number of carbonyl (C=O) groups is 1. The van der Waals surface area contributed by atoms with E-state index in [1.807, 2.05) is 16.2 Å². The van der Waals surface area contributed by atoms with E-state index in [1.165, 1.54) is 0 Å². The van der Waals surface area contributed by atoms with Crippen LogP contribution in [0.4, 0.5) is 0 Å². The first-order valence-electron chi connectivity index (χ1n) is 6.83. The molecule has 3 N–H and O–H groups in total. The third-order valence-electron chi connectivity index (χ3n) is 3.82. The summed E-state index contributed by atoms with van der Waals surface area (Å²) in [7, 11) is 0. The van der Waals surface area contributed by atoms with Crippen molar-refractivity contribution in [3.05, 3.63) is 29.8 Å². The number of carboxylic acid groups (broad SMARTS) is 1. The molecule has 7 heteroatoms. The predicted octanol–water partition coefficient (Wildman–Crippen LogP) is 1.83. The van der Waals surface area contributed by atoms with Crippen LogP contribution in [-0.2, 0) is 16.1 Å². The first-order valence-corrected chi connectivity index (χ1v) is 7.88. The van der Waals surface area contributed by atoms with Crippen molar-refractivity contribution in [2.45, 2.75) is 30.6 Å². The summed E-state index contributed by atoms with van der Waals surface area (Å²) in [6, 6.07) is 0. The Labute approximate surface area is 128 Å². The first-order chi connectivity index (χ1) is 10.1. The summed E-state index contributed by atoms with van der Waals surface area (Å²) in [5, 5.41) is 11.4. The average molecular weight is 308 g/mol. The molecule has 1 aromatic heterocycles. The molecule has 1 fully saturated rings. The fraction of sp³-hybridized carbons (Fsp3) is 0.500. The number of aliphatic carboxylic acids is 1. The lowest BCUT2D eigenvalue weighted by Crippen LogP contribution is -2.23. The van der Waals surface area contributed by atoms with Gasteiger partial charge in [-0.25, -0.2) is 4.98 Å². The minimum Gasteiger partial charge on any atom is -0.481 e. The molecule has 1 saturated carbocycles. The van der Waals surface area contributed by atoms with Gasteiger partial charge in [-0.1, -0.05) is 0 Å². The van der Waals surface area contributed by atoms with E-state index in [-0.39, 0.29) is 5.92 Å². The molecule has 1 aliphatic rings. The number of carboxylic acids is 1. The van der Waals surface area contributed by atoms with Crippen molar-refractivity contribution in [2.75, 3.05) is 6.54 Å². The number of hydrogen-bond donors (Lipinski definition) is 2. The van der Waals surface area contributed by atoms with Crippen LogP contribution in [0, 0.1) is 5.92 Å². The van der Waals surface area contributed by atoms with E-state index in [2.05, 4.69) is 16.7 Å². The highest BCUT2D eigenvalue weighted by Crippen LogP contribution is 2.56. The molecule has 2 rings (SSSR count). The van der Waals surface area contributed by atoms with Crippen LogP contribution >= 0.6 is 11.8 Å². The van der Waals surface area contributed by atoms with E-state index in [4.69, 9.17) is 5.73 Å². The quantitative estimate of drug-likeness (QED) is 0.679. The Balaban J connectivity index is 2.03. The van der Waals surface area contributed by atoms with Gasteiger partial charge >= 0.3 is 5.97 Å². The van der Waals surface area contributed by atoms with Crippen LogP contribution < -0.4 is 5.73 Å². The summed E-state index contributed by atoms with van der Waals surface area (Å²) in [6.07, 6.45) is 7.49. The predicted molar refractivity (Wildman–Crippen MR) is 84.2 cm³/mol. The van der Waals surface area contributed by atoms with Gasteiger partial charge in [-0.2, -0.15) is 0 Å². The maximum absolute atomic E-state index is 11.6. The van der Waals surface area contributed by atoms with Gasteiger partial charge < -0.3 is 15.4 Å². The molecule has 1 aromatic rings.